The maximum absolute atomic E-state index is 14.2. The van der Waals surface area contributed by atoms with E-state index in [0.29, 0.717) is 17.7 Å². The molecule has 0 saturated carbocycles. The standard InChI is InChI=1S/C18H22F2N2O2/c1-4-6-12(11(3)23)15-10-24-16(9-22(15)5-2)17-13(19)7-8-14(21)18(17)20/h5,7-8,16H,2,4,6,9-10,21H2,1,3H3/b15-12+. The van der Waals surface area contributed by atoms with Crippen molar-refractivity contribution in [2.24, 2.45) is 0 Å². The van der Waals surface area contributed by atoms with Gasteiger partial charge >= 0.3 is 0 Å². The van der Waals surface area contributed by atoms with Crippen LogP contribution in [-0.2, 0) is 9.53 Å². The van der Waals surface area contributed by atoms with Crippen LogP contribution in [0, 0.1) is 11.6 Å². The van der Waals surface area contributed by atoms with Crippen LogP contribution >= 0.6 is 0 Å². The van der Waals surface area contributed by atoms with E-state index in [-0.39, 0.29) is 30.2 Å². The van der Waals surface area contributed by atoms with Crippen LogP contribution in [0.2, 0.25) is 0 Å². The highest BCUT2D eigenvalue weighted by atomic mass is 19.1. The molecule has 1 atom stereocenters. The summed E-state index contributed by atoms with van der Waals surface area (Å²) in [4.78, 5) is 13.6. The van der Waals surface area contributed by atoms with Crippen LogP contribution in [0.3, 0.4) is 0 Å². The summed E-state index contributed by atoms with van der Waals surface area (Å²) in [7, 11) is 0. The summed E-state index contributed by atoms with van der Waals surface area (Å²) >= 11 is 0. The van der Waals surface area contributed by atoms with E-state index in [9.17, 15) is 13.6 Å². The topological polar surface area (TPSA) is 55.6 Å². The first kappa shape index (κ1) is 18.1. The van der Waals surface area contributed by atoms with E-state index in [1.54, 1.807) is 11.1 Å². The number of carbonyl (C=O) groups is 1. The van der Waals surface area contributed by atoms with Crippen LogP contribution < -0.4 is 5.73 Å². The van der Waals surface area contributed by atoms with Crippen molar-refractivity contribution in [3.8, 4) is 0 Å². The van der Waals surface area contributed by atoms with Crippen LogP contribution in [-0.4, -0.2) is 23.8 Å². The third-order valence-corrected chi connectivity index (χ3v) is 4.10. The molecule has 6 heteroatoms. The van der Waals surface area contributed by atoms with Crippen molar-refractivity contribution in [2.45, 2.75) is 32.8 Å². The Labute approximate surface area is 140 Å². The Bertz CT molecular complexity index is 686. The van der Waals surface area contributed by atoms with Gasteiger partial charge in [-0.2, -0.15) is 0 Å². The zero-order valence-electron chi connectivity index (χ0n) is 13.9. The number of hydrogen-bond donors (Lipinski definition) is 1. The monoisotopic (exact) mass is 336 g/mol. The minimum absolute atomic E-state index is 0.0398. The third-order valence-electron chi connectivity index (χ3n) is 4.10. The molecule has 130 valence electrons. The summed E-state index contributed by atoms with van der Waals surface area (Å²) in [6.45, 7) is 7.47. The first-order chi connectivity index (χ1) is 11.4. The Kier molecular flexibility index (Phi) is 5.72. The Morgan fingerprint density at radius 2 is 2.21 bits per heavy atom. The van der Waals surface area contributed by atoms with Gasteiger partial charge in [0.05, 0.1) is 30.1 Å². The lowest BCUT2D eigenvalue weighted by Gasteiger charge is -2.36. The van der Waals surface area contributed by atoms with Crippen LogP contribution in [0.25, 0.3) is 0 Å². The molecule has 1 heterocycles. The molecule has 4 nitrogen and oxygen atoms in total. The Morgan fingerprint density at radius 3 is 2.79 bits per heavy atom. The van der Waals surface area contributed by atoms with Gasteiger partial charge in [0, 0.05) is 5.57 Å². The predicted octanol–water partition coefficient (Wildman–Crippen LogP) is 3.71. The van der Waals surface area contributed by atoms with E-state index in [2.05, 4.69) is 6.58 Å². The molecule has 2 rings (SSSR count). The first-order valence-electron chi connectivity index (χ1n) is 7.87. The fourth-order valence-electron chi connectivity index (χ4n) is 2.88. The van der Waals surface area contributed by atoms with E-state index >= 15 is 0 Å². The molecule has 0 aromatic heterocycles. The number of nitrogens with zero attached hydrogens (tertiary/aromatic N) is 1. The van der Waals surface area contributed by atoms with Crippen LogP contribution in [0.15, 0.2) is 36.2 Å². The SMILES string of the molecule is C=CN1CC(c2c(F)ccc(N)c2F)OC/C1=C(/CCC)C(C)=O. The van der Waals surface area contributed by atoms with Gasteiger partial charge in [0.15, 0.2) is 11.6 Å². The summed E-state index contributed by atoms with van der Waals surface area (Å²) in [6, 6.07) is 2.31. The molecule has 2 N–H and O–H groups in total. The van der Waals surface area contributed by atoms with Crippen molar-refractivity contribution >= 4 is 11.5 Å². The summed E-state index contributed by atoms with van der Waals surface area (Å²) < 4.78 is 34.0. The average molecular weight is 336 g/mol. The minimum Gasteiger partial charge on any atom is -0.396 e. The maximum atomic E-state index is 14.2. The molecule has 1 aliphatic rings. The Morgan fingerprint density at radius 1 is 1.50 bits per heavy atom. The van der Waals surface area contributed by atoms with E-state index in [1.807, 2.05) is 6.92 Å². The Balaban J connectivity index is 2.37. The summed E-state index contributed by atoms with van der Waals surface area (Å²) in [5.74, 6) is -1.55. The van der Waals surface area contributed by atoms with Gasteiger partial charge in [0.2, 0.25) is 0 Å². The molecule has 0 bridgehead atoms. The van der Waals surface area contributed by atoms with Gasteiger partial charge in [-0.25, -0.2) is 8.78 Å². The molecule has 1 aromatic rings. The fourth-order valence-corrected chi connectivity index (χ4v) is 2.88. The molecule has 1 saturated heterocycles. The van der Waals surface area contributed by atoms with Gasteiger partial charge < -0.3 is 15.4 Å². The summed E-state index contributed by atoms with van der Waals surface area (Å²) in [6.07, 6.45) is 2.14. The number of ketones is 1. The molecular weight excluding hydrogens is 314 g/mol. The highest BCUT2D eigenvalue weighted by molar-refractivity contribution is 5.94. The second-order valence-electron chi connectivity index (χ2n) is 5.73. The van der Waals surface area contributed by atoms with Gasteiger partial charge in [-0.05, 0) is 31.7 Å². The predicted molar refractivity (Wildman–Crippen MR) is 89.0 cm³/mol. The van der Waals surface area contributed by atoms with Crippen molar-refractivity contribution in [1.29, 1.82) is 0 Å². The van der Waals surface area contributed by atoms with Crippen molar-refractivity contribution in [1.82, 2.24) is 4.90 Å². The van der Waals surface area contributed by atoms with Gasteiger partial charge in [-0.15, -0.1) is 0 Å². The van der Waals surface area contributed by atoms with Crippen molar-refractivity contribution < 1.29 is 18.3 Å². The molecular formula is C18H22F2N2O2. The first-order valence-corrected chi connectivity index (χ1v) is 7.87. The summed E-state index contributed by atoms with van der Waals surface area (Å²) in [5.41, 5.74) is 6.56. The van der Waals surface area contributed by atoms with E-state index in [0.717, 1.165) is 12.5 Å². The lowest BCUT2D eigenvalue weighted by Crippen LogP contribution is -2.35. The van der Waals surface area contributed by atoms with Gasteiger partial charge in [-0.1, -0.05) is 19.9 Å². The highest BCUT2D eigenvalue weighted by Crippen LogP contribution is 2.33. The molecule has 0 radical (unpaired) electrons. The molecule has 1 aliphatic heterocycles. The second kappa shape index (κ2) is 7.57. The number of nitrogen functional groups attached to an aromatic ring is 1. The maximum Gasteiger partial charge on any atom is 0.157 e. The molecule has 1 unspecified atom stereocenters. The number of benzene rings is 1. The number of anilines is 1. The van der Waals surface area contributed by atoms with Crippen molar-refractivity contribution in [3.05, 3.63) is 53.4 Å². The van der Waals surface area contributed by atoms with Gasteiger partial charge in [0.1, 0.15) is 11.9 Å². The number of halogens is 2. The van der Waals surface area contributed by atoms with E-state index < -0.39 is 17.7 Å². The van der Waals surface area contributed by atoms with Crippen LogP contribution in [0.4, 0.5) is 14.5 Å². The number of Topliss-reactive ketones (excluding diaryl/α,β-unsaturated/α-hetero) is 1. The minimum atomic E-state index is -0.829. The molecule has 0 spiro atoms. The highest BCUT2D eigenvalue weighted by Gasteiger charge is 2.31. The molecule has 0 aliphatic carbocycles. The Hall–Kier alpha value is -2.21. The van der Waals surface area contributed by atoms with E-state index in [1.165, 1.54) is 13.0 Å². The molecule has 1 fully saturated rings. The number of nitrogens with two attached hydrogens (primary N) is 1. The number of hydrogen-bond acceptors (Lipinski definition) is 4. The zero-order chi connectivity index (χ0) is 17.9. The zero-order valence-corrected chi connectivity index (χ0v) is 13.9. The average Bonchev–Trinajstić information content (AvgIpc) is 2.56. The summed E-state index contributed by atoms with van der Waals surface area (Å²) in [5, 5.41) is 0. The normalized spacial score (nSPS) is 20.0. The lowest BCUT2D eigenvalue weighted by molar-refractivity contribution is -0.114. The van der Waals surface area contributed by atoms with Gasteiger partial charge in [-0.3, -0.25) is 4.79 Å². The number of rotatable bonds is 5. The smallest absolute Gasteiger partial charge is 0.157 e. The van der Waals surface area contributed by atoms with Gasteiger partial charge in [0.25, 0.3) is 0 Å². The van der Waals surface area contributed by atoms with Crippen LogP contribution in [0.5, 0.6) is 0 Å². The molecule has 24 heavy (non-hydrogen) atoms. The van der Waals surface area contributed by atoms with Crippen molar-refractivity contribution in [2.75, 3.05) is 18.9 Å². The van der Waals surface area contributed by atoms with Crippen LogP contribution in [0.1, 0.15) is 38.4 Å². The largest absolute Gasteiger partial charge is 0.396 e. The fraction of sp³-hybridized carbons (Fsp3) is 0.389. The third kappa shape index (κ3) is 3.48. The number of ether oxygens (including phenoxy) is 1. The molecule has 0 amide bonds. The quantitative estimate of drug-likeness (QED) is 0.658. The second-order valence-corrected chi connectivity index (χ2v) is 5.73. The number of allylic oxidation sites excluding steroid dienone is 1. The lowest BCUT2D eigenvalue weighted by atomic mass is 10.0. The van der Waals surface area contributed by atoms with E-state index in [4.69, 9.17) is 10.5 Å². The number of carbonyl (C=O) groups excluding carboxylic acids is 1. The molecule has 1 aromatic carbocycles. The number of morpholine rings is 1. The van der Waals surface area contributed by atoms with Crippen molar-refractivity contribution in [3.63, 3.8) is 0 Å².